The van der Waals surface area contributed by atoms with E-state index in [1.165, 1.54) is 0 Å². The second-order valence-electron chi connectivity index (χ2n) is 6.17. The summed E-state index contributed by atoms with van der Waals surface area (Å²) in [6.07, 6.45) is 0.896. The van der Waals surface area contributed by atoms with E-state index in [-0.39, 0.29) is 17.2 Å². The maximum absolute atomic E-state index is 8.95. The van der Waals surface area contributed by atoms with Gasteiger partial charge in [-0.05, 0) is 52.3 Å². The van der Waals surface area contributed by atoms with Crippen molar-refractivity contribution >= 4 is 17.3 Å². The highest BCUT2D eigenvalue weighted by Gasteiger charge is 2.45. The van der Waals surface area contributed by atoms with Gasteiger partial charge in [0.25, 0.3) is 0 Å². The molecule has 102 valence electrons. The smallest absolute Gasteiger partial charge is 0.0992 e. The molecule has 0 bridgehead atoms. The van der Waals surface area contributed by atoms with Crippen LogP contribution < -0.4 is 5.32 Å². The summed E-state index contributed by atoms with van der Waals surface area (Å²) in [5.41, 5.74) is 0.971. The minimum absolute atomic E-state index is 0.152. The zero-order chi connectivity index (χ0) is 14.3. The summed E-state index contributed by atoms with van der Waals surface area (Å²) in [6.45, 7) is 8.32. The van der Waals surface area contributed by atoms with Crippen LogP contribution in [0.2, 0.25) is 5.02 Å². The third kappa shape index (κ3) is 3.02. The van der Waals surface area contributed by atoms with Crippen LogP contribution in [0.15, 0.2) is 18.2 Å². The minimum atomic E-state index is -0.268. The Balaban J connectivity index is 2.25. The van der Waals surface area contributed by atoms with Crippen LogP contribution in [0.3, 0.4) is 0 Å². The Labute approximate surface area is 119 Å². The molecule has 1 atom stereocenters. The molecule has 1 unspecified atom stereocenters. The number of hydrogen-bond acceptors (Lipinski definition) is 3. The summed E-state index contributed by atoms with van der Waals surface area (Å²) in [5.74, 6) is 0. The van der Waals surface area contributed by atoms with Crippen molar-refractivity contribution in [3.63, 3.8) is 0 Å². The molecule has 0 saturated carbocycles. The van der Waals surface area contributed by atoms with Gasteiger partial charge in [0.2, 0.25) is 0 Å². The highest BCUT2D eigenvalue weighted by atomic mass is 35.5. The first-order valence-electron chi connectivity index (χ1n) is 6.40. The Morgan fingerprint density at radius 2 is 2.05 bits per heavy atom. The first kappa shape index (κ1) is 14.2. The van der Waals surface area contributed by atoms with E-state index < -0.39 is 0 Å². The molecule has 1 saturated heterocycles. The van der Waals surface area contributed by atoms with Gasteiger partial charge in [-0.15, -0.1) is 0 Å². The van der Waals surface area contributed by atoms with Gasteiger partial charge >= 0.3 is 0 Å². The summed E-state index contributed by atoms with van der Waals surface area (Å²) >= 11 is 6.18. The first-order valence-corrected chi connectivity index (χ1v) is 6.78. The van der Waals surface area contributed by atoms with Crippen molar-refractivity contribution in [2.45, 2.75) is 51.4 Å². The van der Waals surface area contributed by atoms with Crippen molar-refractivity contribution < 1.29 is 4.74 Å². The molecule has 1 N–H and O–H groups in total. The lowest BCUT2D eigenvalue weighted by Gasteiger charge is -2.28. The minimum Gasteiger partial charge on any atom is -0.378 e. The van der Waals surface area contributed by atoms with Crippen molar-refractivity contribution in [1.82, 2.24) is 0 Å². The number of nitriles is 1. The van der Waals surface area contributed by atoms with E-state index in [9.17, 15) is 0 Å². The highest BCUT2D eigenvalue weighted by molar-refractivity contribution is 6.33. The quantitative estimate of drug-likeness (QED) is 0.890. The van der Waals surface area contributed by atoms with Gasteiger partial charge in [0, 0.05) is 0 Å². The lowest BCUT2D eigenvalue weighted by molar-refractivity contribution is -0.0662. The molecular formula is C15H19ClN2O. The number of benzene rings is 1. The van der Waals surface area contributed by atoms with Crippen LogP contribution >= 0.6 is 11.6 Å². The molecule has 3 nitrogen and oxygen atoms in total. The Kier molecular flexibility index (Phi) is 3.51. The number of nitrogens with zero attached hydrogens (tertiary/aromatic N) is 1. The standard InChI is InChI=1S/C15H19ClN2O/c1-14(2)8-13(15(3,4)19-14)18-12-7-10(9-17)5-6-11(12)16/h5-7,13,18H,8H2,1-4H3. The SMILES string of the molecule is CC1(C)CC(Nc2cc(C#N)ccc2Cl)C(C)(C)O1. The van der Waals surface area contributed by atoms with Crippen molar-refractivity contribution in [1.29, 1.82) is 5.26 Å². The van der Waals surface area contributed by atoms with Gasteiger partial charge in [-0.25, -0.2) is 0 Å². The normalized spacial score (nSPS) is 23.9. The molecular weight excluding hydrogens is 260 g/mol. The van der Waals surface area contributed by atoms with Gasteiger partial charge < -0.3 is 10.1 Å². The van der Waals surface area contributed by atoms with Crippen LogP contribution in [0.25, 0.3) is 0 Å². The predicted molar refractivity (Wildman–Crippen MR) is 77.4 cm³/mol. The molecule has 0 aliphatic carbocycles. The second-order valence-corrected chi connectivity index (χ2v) is 6.58. The average Bonchev–Trinajstić information content (AvgIpc) is 2.49. The average molecular weight is 279 g/mol. The maximum Gasteiger partial charge on any atom is 0.0992 e. The molecule has 19 heavy (non-hydrogen) atoms. The zero-order valence-electron chi connectivity index (χ0n) is 11.7. The molecule has 0 amide bonds. The van der Waals surface area contributed by atoms with Crippen LogP contribution in [0.4, 0.5) is 5.69 Å². The number of ether oxygens (including phenoxy) is 1. The molecule has 1 aromatic carbocycles. The van der Waals surface area contributed by atoms with Crippen LogP contribution in [-0.2, 0) is 4.74 Å². The van der Waals surface area contributed by atoms with Gasteiger partial charge in [-0.3, -0.25) is 0 Å². The van der Waals surface area contributed by atoms with E-state index in [0.29, 0.717) is 10.6 Å². The maximum atomic E-state index is 8.95. The first-order chi connectivity index (χ1) is 8.73. The third-order valence-corrected chi connectivity index (χ3v) is 3.83. The second kappa shape index (κ2) is 4.70. The van der Waals surface area contributed by atoms with Crippen molar-refractivity contribution in [2.75, 3.05) is 5.32 Å². The fraction of sp³-hybridized carbons (Fsp3) is 0.533. The van der Waals surface area contributed by atoms with E-state index in [4.69, 9.17) is 21.6 Å². The summed E-state index contributed by atoms with van der Waals surface area (Å²) in [4.78, 5) is 0. The largest absolute Gasteiger partial charge is 0.378 e. The van der Waals surface area contributed by atoms with Gasteiger partial charge in [0.15, 0.2) is 0 Å². The number of nitrogens with one attached hydrogen (secondary N) is 1. The highest BCUT2D eigenvalue weighted by Crippen LogP contribution is 2.39. The summed E-state index contributed by atoms with van der Waals surface area (Å²) in [6, 6.07) is 7.53. The molecule has 0 radical (unpaired) electrons. The van der Waals surface area contributed by atoms with Gasteiger partial charge in [0.05, 0.1) is 39.6 Å². The zero-order valence-corrected chi connectivity index (χ0v) is 12.5. The molecule has 2 rings (SSSR count). The Morgan fingerprint density at radius 3 is 2.58 bits per heavy atom. The molecule has 1 fully saturated rings. The van der Waals surface area contributed by atoms with Crippen LogP contribution in [-0.4, -0.2) is 17.2 Å². The fourth-order valence-corrected chi connectivity index (χ4v) is 2.85. The van der Waals surface area contributed by atoms with Gasteiger partial charge in [-0.2, -0.15) is 5.26 Å². The Bertz CT molecular complexity index is 531. The Morgan fingerprint density at radius 1 is 1.37 bits per heavy atom. The molecule has 0 spiro atoms. The lowest BCUT2D eigenvalue weighted by atomic mass is 9.94. The molecule has 1 aliphatic rings. The Hall–Kier alpha value is -1.24. The van der Waals surface area contributed by atoms with Crippen LogP contribution in [0, 0.1) is 11.3 Å². The topological polar surface area (TPSA) is 45.0 Å². The summed E-state index contributed by atoms with van der Waals surface area (Å²) in [5, 5.41) is 13.0. The van der Waals surface area contributed by atoms with Crippen molar-refractivity contribution in [3.05, 3.63) is 28.8 Å². The molecule has 1 heterocycles. The van der Waals surface area contributed by atoms with E-state index in [1.54, 1.807) is 18.2 Å². The number of rotatable bonds is 2. The van der Waals surface area contributed by atoms with Crippen LogP contribution in [0.1, 0.15) is 39.7 Å². The third-order valence-electron chi connectivity index (χ3n) is 3.50. The molecule has 1 aliphatic heterocycles. The van der Waals surface area contributed by atoms with E-state index >= 15 is 0 Å². The van der Waals surface area contributed by atoms with E-state index in [1.807, 2.05) is 0 Å². The fourth-order valence-electron chi connectivity index (χ4n) is 2.68. The predicted octanol–water partition coefficient (Wildman–Crippen LogP) is 3.97. The van der Waals surface area contributed by atoms with Crippen LogP contribution in [0.5, 0.6) is 0 Å². The summed E-state index contributed by atoms with van der Waals surface area (Å²) < 4.78 is 6.05. The van der Waals surface area contributed by atoms with Crippen molar-refractivity contribution in [2.24, 2.45) is 0 Å². The monoisotopic (exact) mass is 278 g/mol. The van der Waals surface area contributed by atoms with Crippen molar-refractivity contribution in [3.8, 4) is 6.07 Å². The van der Waals surface area contributed by atoms with Gasteiger partial charge in [-0.1, -0.05) is 11.6 Å². The molecule has 0 aromatic heterocycles. The summed E-state index contributed by atoms with van der Waals surface area (Å²) in [7, 11) is 0. The molecule has 1 aromatic rings. The number of hydrogen-bond donors (Lipinski definition) is 1. The number of anilines is 1. The van der Waals surface area contributed by atoms with E-state index in [0.717, 1.165) is 12.1 Å². The van der Waals surface area contributed by atoms with Gasteiger partial charge in [0.1, 0.15) is 0 Å². The lowest BCUT2D eigenvalue weighted by Crippen LogP contribution is -2.38. The van der Waals surface area contributed by atoms with E-state index in [2.05, 4.69) is 39.1 Å². The number of halogens is 1. The molecule has 4 heteroatoms.